The number of thiophene rings is 1. The van der Waals surface area contributed by atoms with Crippen molar-refractivity contribution in [2.75, 3.05) is 0 Å². The maximum atomic E-state index is 12.7. The third-order valence-electron chi connectivity index (χ3n) is 4.32. The Labute approximate surface area is 155 Å². The highest BCUT2D eigenvalue weighted by molar-refractivity contribution is 7.20. The summed E-state index contributed by atoms with van der Waals surface area (Å²) in [6.45, 7) is 6.46. The number of nitrogens with one attached hydrogen (secondary N) is 1. The highest BCUT2D eigenvalue weighted by atomic mass is 32.1. The molecule has 2 heterocycles. The van der Waals surface area contributed by atoms with Crippen molar-refractivity contribution >= 4 is 39.0 Å². The topological polar surface area (TPSA) is 76.2 Å². The number of fused-ring (bicyclic) bond motifs is 1. The largest absolute Gasteiger partial charge is 0.450 e. The van der Waals surface area contributed by atoms with E-state index in [0.717, 1.165) is 10.1 Å². The minimum atomic E-state index is -0.954. The summed E-state index contributed by atoms with van der Waals surface area (Å²) in [6.07, 6.45) is -0.954. The molecule has 0 saturated heterocycles. The normalized spacial score (nSPS) is 12.2. The maximum Gasteiger partial charge on any atom is 0.349 e. The molecule has 0 aliphatic carbocycles. The van der Waals surface area contributed by atoms with Gasteiger partial charge in [-0.05, 0) is 50.8 Å². The summed E-state index contributed by atoms with van der Waals surface area (Å²) in [5.74, 6) is -0.988. The van der Waals surface area contributed by atoms with Crippen molar-refractivity contribution in [3.63, 3.8) is 0 Å². The van der Waals surface area contributed by atoms with Gasteiger partial charge in [0, 0.05) is 16.0 Å². The maximum absolute atomic E-state index is 12.7. The third-order valence-corrected chi connectivity index (χ3v) is 5.41. The molecule has 0 saturated carbocycles. The van der Waals surface area contributed by atoms with E-state index in [1.807, 2.05) is 24.3 Å². The van der Waals surface area contributed by atoms with Gasteiger partial charge in [-0.15, -0.1) is 11.3 Å². The van der Waals surface area contributed by atoms with Gasteiger partial charge in [-0.2, -0.15) is 0 Å². The zero-order valence-electron chi connectivity index (χ0n) is 15.0. The molecule has 5 nitrogen and oxygen atoms in total. The summed E-state index contributed by atoms with van der Waals surface area (Å²) in [6, 6.07) is 9.42. The van der Waals surface area contributed by atoms with E-state index in [0.29, 0.717) is 27.4 Å². The van der Waals surface area contributed by atoms with Crippen LogP contribution in [0.5, 0.6) is 0 Å². The quantitative estimate of drug-likeness (QED) is 0.531. The van der Waals surface area contributed by atoms with Crippen molar-refractivity contribution in [3.05, 3.63) is 57.7 Å². The highest BCUT2D eigenvalue weighted by Crippen LogP contribution is 2.26. The van der Waals surface area contributed by atoms with Crippen LogP contribution in [0.4, 0.5) is 0 Å². The molecule has 134 valence electrons. The molecule has 1 unspecified atom stereocenters. The van der Waals surface area contributed by atoms with Crippen molar-refractivity contribution in [1.29, 1.82) is 0 Å². The molecule has 1 atom stereocenters. The van der Waals surface area contributed by atoms with Crippen LogP contribution in [0.15, 0.2) is 30.3 Å². The summed E-state index contributed by atoms with van der Waals surface area (Å²) in [4.78, 5) is 40.2. The first-order valence-corrected chi connectivity index (χ1v) is 9.05. The van der Waals surface area contributed by atoms with Gasteiger partial charge in [-0.1, -0.05) is 18.2 Å². The molecule has 3 rings (SSSR count). The van der Waals surface area contributed by atoms with Gasteiger partial charge in [-0.3, -0.25) is 9.59 Å². The van der Waals surface area contributed by atoms with E-state index in [-0.39, 0.29) is 11.6 Å². The van der Waals surface area contributed by atoms with Crippen LogP contribution >= 0.6 is 11.3 Å². The number of carbonyl (C=O) groups excluding carboxylic acids is 3. The van der Waals surface area contributed by atoms with Crippen molar-refractivity contribution in [1.82, 2.24) is 4.98 Å². The lowest BCUT2D eigenvalue weighted by molar-refractivity contribution is 0.0321. The molecule has 6 heteroatoms. The molecule has 0 radical (unpaired) electrons. The second-order valence-electron chi connectivity index (χ2n) is 6.24. The Balaban J connectivity index is 1.80. The van der Waals surface area contributed by atoms with Crippen LogP contribution in [0.25, 0.3) is 10.1 Å². The number of ketones is 2. The lowest BCUT2D eigenvalue weighted by Gasteiger charge is -2.11. The minimum absolute atomic E-state index is 0.106. The van der Waals surface area contributed by atoms with Crippen molar-refractivity contribution in [3.8, 4) is 0 Å². The number of Topliss-reactive ketones (excluding diaryl/α,β-unsaturated/α-hetero) is 2. The van der Waals surface area contributed by atoms with Gasteiger partial charge in [-0.25, -0.2) is 4.79 Å². The van der Waals surface area contributed by atoms with Crippen molar-refractivity contribution in [2.45, 2.75) is 33.8 Å². The Hall–Kier alpha value is -2.73. The lowest BCUT2D eigenvalue weighted by Crippen LogP contribution is -2.25. The van der Waals surface area contributed by atoms with Crippen LogP contribution in [0.2, 0.25) is 0 Å². The van der Waals surface area contributed by atoms with Crippen LogP contribution in [0.3, 0.4) is 0 Å². The summed E-state index contributed by atoms with van der Waals surface area (Å²) in [5.41, 5.74) is 2.05. The monoisotopic (exact) mass is 369 g/mol. The number of esters is 1. The Morgan fingerprint density at radius 3 is 2.46 bits per heavy atom. The number of carbonyl (C=O) groups is 3. The number of hydrogen-bond donors (Lipinski definition) is 1. The van der Waals surface area contributed by atoms with E-state index in [9.17, 15) is 14.4 Å². The predicted octanol–water partition coefficient (Wildman–Crippen LogP) is 4.48. The predicted molar refractivity (Wildman–Crippen MR) is 101 cm³/mol. The summed E-state index contributed by atoms with van der Waals surface area (Å²) >= 11 is 1.33. The number of aryl methyl sites for hydroxylation is 1. The van der Waals surface area contributed by atoms with Gasteiger partial charge in [0.15, 0.2) is 11.9 Å². The van der Waals surface area contributed by atoms with Gasteiger partial charge in [0.2, 0.25) is 5.78 Å². The molecular formula is C20H19NO4S. The summed E-state index contributed by atoms with van der Waals surface area (Å²) in [7, 11) is 0. The Morgan fingerprint density at radius 1 is 1.15 bits per heavy atom. The third kappa shape index (κ3) is 3.20. The second kappa shape index (κ2) is 6.88. The van der Waals surface area contributed by atoms with E-state index in [1.54, 1.807) is 19.9 Å². The molecule has 2 aromatic heterocycles. The van der Waals surface area contributed by atoms with Gasteiger partial charge in [0.25, 0.3) is 0 Å². The van der Waals surface area contributed by atoms with Crippen LogP contribution in [0, 0.1) is 13.8 Å². The van der Waals surface area contributed by atoms with Crippen molar-refractivity contribution < 1.29 is 19.1 Å². The fourth-order valence-electron chi connectivity index (χ4n) is 3.08. The average molecular weight is 369 g/mol. The van der Waals surface area contributed by atoms with Crippen LogP contribution < -0.4 is 0 Å². The van der Waals surface area contributed by atoms with Gasteiger partial charge >= 0.3 is 5.97 Å². The van der Waals surface area contributed by atoms with E-state index in [4.69, 9.17) is 4.74 Å². The highest BCUT2D eigenvalue weighted by Gasteiger charge is 2.26. The fourth-order valence-corrected chi connectivity index (χ4v) is 4.03. The van der Waals surface area contributed by atoms with Gasteiger partial charge in [0.1, 0.15) is 4.88 Å². The minimum Gasteiger partial charge on any atom is -0.450 e. The van der Waals surface area contributed by atoms with Crippen LogP contribution in [-0.2, 0) is 4.74 Å². The number of aromatic nitrogens is 1. The van der Waals surface area contributed by atoms with Gasteiger partial charge in [0.05, 0.1) is 5.69 Å². The van der Waals surface area contributed by atoms with Crippen LogP contribution in [-0.4, -0.2) is 28.6 Å². The van der Waals surface area contributed by atoms with E-state index < -0.39 is 12.1 Å². The first-order valence-electron chi connectivity index (χ1n) is 8.23. The smallest absolute Gasteiger partial charge is 0.349 e. The molecule has 0 bridgehead atoms. The zero-order chi connectivity index (χ0) is 19.0. The zero-order valence-corrected chi connectivity index (χ0v) is 15.8. The Bertz CT molecular complexity index is 995. The van der Waals surface area contributed by atoms with Crippen LogP contribution in [0.1, 0.15) is 55.6 Å². The molecular weight excluding hydrogens is 350 g/mol. The number of aromatic amines is 1. The molecule has 0 aliphatic heterocycles. The molecule has 0 aliphatic rings. The molecule has 3 aromatic rings. The van der Waals surface area contributed by atoms with Crippen molar-refractivity contribution in [2.24, 2.45) is 0 Å². The summed E-state index contributed by atoms with van der Waals surface area (Å²) in [5, 5.41) is 0.963. The number of H-pyrrole nitrogens is 1. The molecule has 0 spiro atoms. The fraction of sp³-hybridized carbons (Fsp3) is 0.250. The summed E-state index contributed by atoms with van der Waals surface area (Å²) < 4.78 is 6.35. The van der Waals surface area contributed by atoms with E-state index in [2.05, 4.69) is 4.98 Å². The van der Waals surface area contributed by atoms with E-state index >= 15 is 0 Å². The molecule has 0 fully saturated rings. The molecule has 1 N–H and O–H groups in total. The molecule has 0 amide bonds. The molecule has 1 aromatic carbocycles. The number of rotatable bonds is 5. The molecule has 26 heavy (non-hydrogen) atoms. The van der Waals surface area contributed by atoms with Gasteiger partial charge < -0.3 is 9.72 Å². The average Bonchev–Trinajstić information content (AvgIpc) is 3.14. The first kappa shape index (κ1) is 18.1. The SMILES string of the molecule is CC(=O)c1c(C)[nH]c(C(=O)C(C)OC(=O)c2cc3ccccc3s2)c1C. The Kier molecular flexibility index (Phi) is 4.78. The second-order valence-corrected chi connectivity index (χ2v) is 7.33. The number of ether oxygens (including phenoxy) is 1. The Morgan fingerprint density at radius 2 is 1.85 bits per heavy atom. The number of benzene rings is 1. The van der Waals surface area contributed by atoms with E-state index in [1.165, 1.54) is 25.2 Å². The standard InChI is InChI=1S/C20H19NO4S/c1-10-17(12(3)22)11(2)21-18(10)19(23)13(4)25-20(24)16-9-14-7-5-6-8-15(14)26-16/h5-9,13,21H,1-4H3. The lowest BCUT2D eigenvalue weighted by atomic mass is 10.0. The number of hydrogen-bond acceptors (Lipinski definition) is 5. The first-order chi connectivity index (χ1) is 12.3.